The molecule has 0 radical (unpaired) electrons. The Balaban J connectivity index is 1.75. The number of hydrogen-bond donors (Lipinski definition) is 1. The van der Waals surface area contributed by atoms with E-state index in [2.05, 4.69) is 41.1 Å². The van der Waals surface area contributed by atoms with Crippen LogP contribution in [-0.2, 0) is 13.1 Å². The van der Waals surface area contributed by atoms with Crippen LogP contribution in [0.25, 0.3) is 0 Å². The van der Waals surface area contributed by atoms with Gasteiger partial charge < -0.3 is 10.2 Å². The molecule has 5 heteroatoms. The number of nitrogens with zero attached hydrogens (tertiary/aromatic N) is 4. The Labute approximate surface area is 122 Å². The summed E-state index contributed by atoms with van der Waals surface area (Å²) in [5.74, 6) is 1.67. The fraction of sp³-hybridized carbons (Fsp3) is 0.867. The monoisotopic (exact) mass is 279 g/mol. The number of nitrogens with one attached hydrogen (secondary N) is 1. The Morgan fingerprint density at radius 2 is 2.10 bits per heavy atom. The van der Waals surface area contributed by atoms with E-state index in [0.29, 0.717) is 12.0 Å². The molecule has 1 N–H and O–H groups in total. The third kappa shape index (κ3) is 4.56. The predicted octanol–water partition coefficient (Wildman–Crippen LogP) is 1.90. The van der Waals surface area contributed by atoms with Crippen molar-refractivity contribution in [2.45, 2.75) is 59.2 Å². The summed E-state index contributed by atoms with van der Waals surface area (Å²) >= 11 is 0. The summed E-state index contributed by atoms with van der Waals surface area (Å²) in [7, 11) is 0. The number of rotatable bonds is 7. The largest absolute Gasteiger partial charge is 0.307 e. The zero-order chi connectivity index (χ0) is 14.4. The first-order chi connectivity index (χ1) is 9.69. The maximum atomic E-state index is 4.38. The smallest absolute Gasteiger partial charge is 0.140 e. The van der Waals surface area contributed by atoms with E-state index < -0.39 is 0 Å². The Morgan fingerprint density at radius 3 is 2.75 bits per heavy atom. The molecule has 0 spiro atoms. The Morgan fingerprint density at radius 1 is 1.35 bits per heavy atom. The van der Waals surface area contributed by atoms with Crippen molar-refractivity contribution >= 4 is 0 Å². The molecule has 5 nitrogen and oxygen atoms in total. The molecule has 0 bridgehead atoms. The van der Waals surface area contributed by atoms with Crippen LogP contribution >= 0.6 is 0 Å². The molecule has 114 valence electrons. The van der Waals surface area contributed by atoms with Gasteiger partial charge in [0.15, 0.2) is 0 Å². The lowest BCUT2D eigenvalue weighted by Gasteiger charge is -2.32. The molecule has 1 aromatic heterocycles. The lowest BCUT2D eigenvalue weighted by molar-refractivity contribution is 0.196. The molecule has 1 saturated heterocycles. The summed E-state index contributed by atoms with van der Waals surface area (Å²) in [6, 6.07) is 0.632. The maximum Gasteiger partial charge on any atom is 0.140 e. The van der Waals surface area contributed by atoms with E-state index in [4.69, 9.17) is 0 Å². The van der Waals surface area contributed by atoms with Gasteiger partial charge in [-0.05, 0) is 44.8 Å². The molecule has 0 saturated carbocycles. The van der Waals surface area contributed by atoms with Crippen LogP contribution in [0.3, 0.4) is 0 Å². The van der Waals surface area contributed by atoms with Gasteiger partial charge in [-0.15, -0.1) is 0 Å². The van der Waals surface area contributed by atoms with Gasteiger partial charge in [0.25, 0.3) is 0 Å². The molecule has 2 rings (SSSR count). The number of piperidine rings is 1. The molecule has 0 unspecified atom stereocenters. The summed E-state index contributed by atoms with van der Waals surface area (Å²) in [5.41, 5.74) is 0. The van der Waals surface area contributed by atoms with Gasteiger partial charge in [0.1, 0.15) is 12.2 Å². The second kappa shape index (κ2) is 7.74. The zero-order valence-electron chi connectivity index (χ0n) is 13.2. The lowest BCUT2D eigenvalue weighted by atomic mass is 10.0. The SMILES string of the molecule is CCCN1CCC(NCc2ncnn2CC(C)C)CC1. The van der Waals surface area contributed by atoms with Crippen LogP contribution in [0.1, 0.15) is 45.9 Å². The summed E-state index contributed by atoms with van der Waals surface area (Å²) in [6.07, 6.45) is 5.43. The average Bonchev–Trinajstić information content (AvgIpc) is 2.85. The quantitative estimate of drug-likeness (QED) is 0.828. The molecule has 1 aliphatic rings. The highest BCUT2D eigenvalue weighted by atomic mass is 15.3. The van der Waals surface area contributed by atoms with E-state index in [1.807, 2.05) is 4.68 Å². The molecule has 1 aromatic rings. The van der Waals surface area contributed by atoms with Crippen LogP contribution < -0.4 is 5.32 Å². The highest BCUT2D eigenvalue weighted by molar-refractivity contribution is 4.86. The first kappa shape index (κ1) is 15.4. The van der Waals surface area contributed by atoms with Crippen molar-refractivity contribution in [2.75, 3.05) is 19.6 Å². The first-order valence-electron chi connectivity index (χ1n) is 8.01. The van der Waals surface area contributed by atoms with Gasteiger partial charge in [-0.3, -0.25) is 0 Å². The van der Waals surface area contributed by atoms with Crippen molar-refractivity contribution in [2.24, 2.45) is 5.92 Å². The molecule has 1 fully saturated rings. The van der Waals surface area contributed by atoms with E-state index in [-0.39, 0.29) is 0 Å². The molecule has 0 amide bonds. The van der Waals surface area contributed by atoms with Crippen molar-refractivity contribution in [3.63, 3.8) is 0 Å². The van der Waals surface area contributed by atoms with Crippen LogP contribution in [0.2, 0.25) is 0 Å². The van der Waals surface area contributed by atoms with Crippen molar-refractivity contribution < 1.29 is 0 Å². The van der Waals surface area contributed by atoms with Crippen molar-refractivity contribution in [1.29, 1.82) is 0 Å². The Hall–Kier alpha value is -0.940. The van der Waals surface area contributed by atoms with Crippen LogP contribution in [-0.4, -0.2) is 45.3 Å². The van der Waals surface area contributed by atoms with Crippen molar-refractivity contribution in [1.82, 2.24) is 25.0 Å². The molecular formula is C15H29N5. The van der Waals surface area contributed by atoms with Crippen LogP contribution in [0.5, 0.6) is 0 Å². The van der Waals surface area contributed by atoms with Gasteiger partial charge in [-0.2, -0.15) is 5.10 Å². The molecule has 0 aromatic carbocycles. The van der Waals surface area contributed by atoms with Crippen molar-refractivity contribution in [3.05, 3.63) is 12.2 Å². The molecule has 1 aliphatic heterocycles. The zero-order valence-corrected chi connectivity index (χ0v) is 13.2. The highest BCUT2D eigenvalue weighted by Gasteiger charge is 2.18. The normalized spacial score (nSPS) is 18.0. The number of hydrogen-bond acceptors (Lipinski definition) is 4. The third-order valence-corrected chi connectivity index (χ3v) is 3.91. The van der Waals surface area contributed by atoms with Gasteiger partial charge in [0.05, 0.1) is 6.54 Å². The fourth-order valence-electron chi connectivity index (χ4n) is 2.84. The van der Waals surface area contributed by atoms with E-state index in [9.17, 15) is 0 Å². The summed E-state index contributed by atoms with van der Waals surface area (Å²) in [4.78, 5) is 6.95. The fourth-order valence-corrected chi connectivity index (χ4v) is 2.84. The van der Waals surface area contributed by atoms with Gasteiger partial charge in [-0.1, -0.05) is 20.8 Å². The highest BCUT2D eigenvalue weighted by Crippen LogP contribution is 2.11. The minimum absolute atomic E-state index is 0.604. The van der Waals surface area contributed by atoms with Crippen LogP contribution in [0.4, 0.5) is 0 Å². The second-order valence-electron chi connectivity index (χ2n) is 6.25. The van der Waals surface area contributed by atoms with E-state index in [1.165, 1.54) is 38.9 Å². The molecule has 0 aliphatic carbocycles. The first-order valence-corrected chi connectivity index (χ1v) is 8.01. The maximum absolute atomic E-state index is 4.38. The molecule has 0 atom stereocenters. The molecule has 2 heterocycles. The van der Waals surface area contributed by atoms with E-state index in [1.54, 1.807) is 6.33 Å². The number of likely N-dealkylation sites (tertiary alicyclic amines) is 1. The lowest BCUT2D eigenvalue weighted by Crippen LogP contribution is -2.42. The third-order valence-electron chi connectivity index (χ3n) is 3.91. The van der Waals surface area contributed by atoms with E-state index in [0.717, 1.165) is 18.9 Å². The minimum atomic E-state index is 0.604. The van der Waals surface area contributed by atoms with Crippen molar-refractivity contribution in [3.8, 4) is 0 Å². The summed E-state index contributed by atoms with van der Waals surface area (Å²) < 4.78 is 2.03. The van der Waals surface area contributed by atoms with E-state index >= 15 is 0 Å². The van der Waals surface area contributed by atoms with Gasteiger partial charge in [0, 0.05) is 12.6 Å². The predicted molar refractivity (Wildman–Crippen MR) is 81.5 cm³/mol. The minimum Gasteiger partial charge on any atom is -0.307 e. The van der Waals surface area contributed by atoms with Gasteiger partial charge in [-0.25, -0.2) is 9.67 Å². The average molecular weight is 279 g/mol. The Bertz CT molecular complexity index is 379. The van der Waals surface area contributed by atoms with Gasteiger partial charge >= 0.3 is 0 Å². The second-order valence-corrected chi connectivity index (χ2v) is 6.25. The van der Waals surface area contributed by atoms with Gasteiger partial charge in [0.2, 0.25) is 0 Å². The van der Waals surface area contributed by atoms with Crippen LogP contribution in [0.15, 0.2) is 6.33 Å². The topological polar surface area (TPSA) is 46.0 Å². The standard InChI is InChI=1S/C15H29N5/c1-4-7-19-8-5-14(6-9-19)16-10-15-17-12-18-20(15)11-13(2)3/h12-14,16H,4-11H2,1-3H3. The summed E-state index contributed by atoms with van der Waals surface area (Å²) in [5, 5.41) is 7.96. The Kier molecular flexibility index (Phi) is 5.98. The molecule has 20 heavy (non-hydrogen) atoms. The van der Waals surface area contributed by atoms with Crippen LogP contribution in [0, 0.1) is 5.92 Å². The molecular weight excluding hydrogens is 250 g/mol. The number of aromatic nitrogens is 3. The summed E-state index contributed by atoms with van der Waals surface area (Å²) in [6.45, 7) is 12.2.